The van der Waals surface area contributed by atoms with Crippen molar-refractivity contribution in [3.63, 3.8) is 0 Å². The molecule has 1 aromatic carbocycles. The molecular weight excluding hydrogens is 484 g/mol. The Morgan fingerprint density at radius 1 is 1.08 bits per heavy atom. The van der Waals surface area contributed by atoms with Gasteiger partial charge in [0.2, 0.25) is 5.91 Å². The molecule has 208 valence electrons. The number of nitrogens with one attached hydrogen (secondary N) is 2. The van der Waals surface area contributed by atoms with Crippen LogP contribution in [0.5, 0.6) is 5.75 Å². The van der Waals surface area contributed by atoms with Crippen molar-refractivity contribution in [3.8, 4) is 5.75 Å². The van der Waals surface area contributed by atoms with E-state index in [1.165, 1.54) is 23.6 Å². The van der Waals surface area contributed by atoms with E-state index in [4.69, 9.17) is 9.47 Å². The molecule has 1 fully saturated rings. The van der Waals surface area contributed by atoms with E-state index >= 15 is 0 Å². The fraction of sp³-hybridized carbons (Fsp3) is 0.586. The molecule has 0 spiro atoms. The lowest BCUT2D eigenvalue weighted by Gasteiger charge is -2.18. The number of esters is 1. The Labute approximate surface area is 225 Å². The summed E-state index contributed by atoms with van der Waals surface area (Å²) in [5.74, 6) is -0.240. The van der Waals surface area contributed by atoms with Gasteiger partial charge in [-0.2, -0.15) is 5.10 Å². The number of anilines is 1. The number of rotatable bonds is 14. The van der Waals surface area contributed by atoms with Crippen LogP contribution in [0, 0.1) is 12.8 Å². The third kappa shape index (κ3) is 8.33. The van der Waals surface area contributed by atoms with Crippen LogP contribution in [-0.2, 0) is 16.1 Å². The van der Waals surface area contributed by atoms with Crippen LogP contribution in [0.4, 0.5) is 5.69 Å². The summed E-state index contributed by atoms with van der Waals surface area (Å²) in [6.45, 7) is 8.34. The van der Waals surface area contributed by atoms with Gasteiger partial charge in [-0.05, 0) is 63.1 Å². The van der Waals surface area contributed by atoms with Gasteiger partial charge < -0.3 is 20.1 Å². The second kappa shape index (κ2) is 14.5. The smallest absolute Gasteiger partial charge is 0.358 e. The third-order valence-electron chi connectivity index (χ3n) is 6.76. The summed E-state index contributed by atoms with van der Waals surface area (Å²) in [6, 6.07) is 7.07. The molecule has 2 aromatic rings. The minimum absolute atomic E-state index is 0.00703. The van der Waals surface area contributed by atoms with Crippen LogP contribution in [0.1, 0.15) is 98.7 Å². The number of hydrogen-bond acceptors (Lipinski definition) is 6. The molecule has 1 saturated carbocycles. The molecule has 2 N–H and O–H groups in total. The van der Waals surface area contributed by atoms with E-state index in [-0.39, 0.29) is 42.4 Å². The number of hydrogen-bond donors (Lipinski definition) is 2. The van der Waals surface area contributed by atoms with Gasteiger partial charge in [0.25, 0.3) is 5.91 Å². The quantitative estimate of drug-likeness (QED) is 0.324. The highest BCUT2D eigenvalue weighted by Crippen LogP contribution is 2.29. The first-order chi connectivity index (χ1) is 18.3. The van der Waals surface area contributed by atoms with Crippen molar-refractivity contribution >= 4 is 23.5 Å². The van der Waals surface area contributed by atoms with Crippen LogP contribution in [0.2, 0.25) is 0 Å². The van der Waals surface area contributed by atoms with E-state index in [0.717, 1.165) is 44.1 Å². The lowest BCUT2D eigenvalue weighted by molar-refractivity contribution is -0.116. The summed E-state index contributed by atoms with van der Waals surface area (Å²) >= 11 is 0. The molecule has 0 unspecified atom stereocenters. The Morgan fingerprint density at radius 3 is 2.45 bits per heavy atom. The number of aryl methyl sites for hydroxylation is 1. The molecule has 1 aliphatic carbocycles. The average Bonchev–Trinajstić information content (AvgIpc) is 3.54. The highest BCUT2D eigenvalue weighted by molar-refractivity contribution is 5.97. The number of amides is 2. The van der Waals surface area contributed by atoms with Gasteiger partial charge >= 0.3 is 5.97 Å². The van der Waals surface area contributed by atoms with Crippen molar-refractivity contribution in [1.29, 1.82) is 0 Å². The fourth-order valence-corrected chi connectivity index (χ4v) is 4.85. The standard InChI is InChI=1S/C29H42N4O5/c1-5-10-22(11-6-2)30-28(35)25-17-24(29(36)37-7-3)32-33(25)18-27(34)31-23-16-20(4)14-15-26(23)38-19-21-12-8-9-13-21/h14-17,21-22H,5-13,18-19H2,1-4H3,(H,30,35)(H,31,34). The largest absolute Gasteiger partial charge is 0.491 e. The molecule has 2 amide bonds. The van der Waals surface area contributed by atoms with Gasteiger partial charge in [0.1, 0.15) is 18.0 Å². The van der Waals surface area contributed by atoms with E-state index in [9.17, 15) is 14.4 Å². The van der Waals surface area contributed by atoms with Crippen LogP contribution < -0.4 is 15.4 Å². The summed E-state index contributed by atoms with van der Waals surface area (Å²) in [7, 11) is 0. The summed E-state index contributed by atoms with van der Waals surface area (Å²) in [5, 5.41) is 10.2. The zero-order valence-electron chi connectivity index (χ0n) is 23.2. The van der Waals surface area contributed by atoms with Crippen LogP contribution >= 0.6 is 0 Å². The molecule has 0 bridgehead atoms. The number of nitrogens with zero attached hydrogens (tertiary/aromatic N) is 2. The lowest BCUT2D eigenvalue weighted by Crippen LogP contribution is -2.36. The first kappa shape index (κ1) is 29.2. The summed E-state index contributed by atoms with van der Waals surface area (Å²) in [5.41, 5.74) is 1.68. The first-order valence-corrected chi connectivity index (χ1v) is 13.9. The van der Waals surface area contributed by atoms with Gasteiger partial charge in [-0.3, -0.25) is 9.59 Å². The second-order valence-electron chi connectivity index (χ2n) is 10.0. The number of carbonyl (C=O) groups is 3. The highest BCUT2D eigenvalue weighted by atomic mass is 16.5. The van der Waals surface area contributed by atoms with Crippen LogP contribution in [0.15, 0.2) is 24.3 Å². The Kier molecular flexibility index (Phi) is 11.2. The predicted octanol–water partition coefficient (Wildman–Crippen LogP) is 5.27. The Hall–Kier alpha value is -3.36. The first-order valence-electron chi connectivity index (χ1n) is 13.9. The normalized spacial score (nSPS) is 13.5. The molecule has 0 radical (unpaired) electrons. The van der Waals surface area contributed by atoms with E-state index in [1.54, 1.807) is 6.92 Å². The van der Waals surface area contributed by atoms with Gasteiger partial charge in [0.05, 0.1) is 18.9 Å². The van der Waals surface area contributed by atoms with Crippen molar-refractivity contribution < 1.29 is 23.9 Å². The molecule has 9 nitrogen and oxygen atoms in total. The fourth-order valence-electron chi connectivity index (χ4n) is 4.85. The molecule has 9 heteroatoms. The lowest BCUT2D eigenvalue weighted by atomic mass is 10.1. The Balaban J connectivity index is 1.77. The molecule has 1 aliphatic rings. The van der Waals surface area contributed by atoms with Crippen molar-refractivity contribution in [3.05, 3.63) is 41.2 Å². The molecule has 1 aromatic heterocycles. The van der Waals surface area contributed by atoms with E-state index < -0.39 is 5.97 Å². The molecule has 0 atom stereocenters. The summed E-state index contributed by atoms with van der Waals surface area (Å²) < 4.78 is 12.4. The summed E-state index contributed by atoms with van der Waals surface area (Å²) in [6.07, 6.45) is 8.35. The maximum Gasteiger partial charge on any atom is 0.358 e. The predicted molar refractivity (Wildman–Crippen MR) is 147 cm³/mol. The van der Waals surface area contributed by atoms with Crippen LogP contribution in [-0.4, -0.2) is 46.8 Å². The molecule has 0 saturated heterocycles. The Morgan fingerprint density at radius 2 is 1.79 bits per heavy atom. The zero-order chi connectivity index (χ0) is 27.5. The monoisotopic (exact) mass is 526 g/mol. The summed E-state index contributed by atoms with van der Waals surface area (Å²) in [4.78, 5) is 38.7. The third-order valence-corrected chi connectivity index (χ3v) is 6.76. The number of carbonyl (C=O) groups excluding carboxylic acids is 3. The van der Waals surface area contributed by atoms with Gasteiger partial charge in [0, 0.05) is 12.1 Å². The average molecular weight is 527 g/mol. The van der Waals surface area contributed by atoms with Gasteiger partial charge in [0.15, 0.2) is 5.69 Å². The van der Waals surface area contributed by atoms with Gasteiger partial charge in [-0.15, -0.1) is 0 Å². The SMILES string of the molecule is CCCC(CCC)NC(=O)c1cc(C(=O)OCC)nn1CC(=O)Nc1cc(C)ccc1OCC1CCCC1. The van der Waals surface area contributed by atoms with Gasteiger partial charge in [-0.1, -0.05) is 45.6 Å². The number of benzene rings is 1. The number of ether oxygens (including phenoxy) is 2. The van der Waals surface area contributed by atoms with Crippen LogP contribution in [0.25, 0.3) is 0 Å². The Bertz CT molecular complexity index is 1080. The van der Waals surface area contributed by atoms with Crippen molar-refractivity contribution in [2.24, 2.45) is 5.92 Å². The van der Waals surface area contributed by atoms with E-state index in [2.05, 4.69) is 29.6 Å². The number of aromatic nitrogens is 2. The molecule has 1 heterocycles. The highest BCUT2D eigenvalue weighted by Gasteiger charge is 2.24. The topological polar surface area (TPSA) is 112 Å². The van der Waals surface area contributed by atoms with Gasteiger partial charge in [-0.25, -0.2) is 9.48 Å². The minimum Gasteiger partial charge on any atom is -0.491 e. The molecule has 3 rings (SSSR count). The van der Waals surface area contributed by atoms with E-state index in [0.29, 0.717) is 24.0 Å². The van der Waals surface area contributed by atoms with E-state index in [1.807, 2.05) is 25.1 Å². The van der Waals surface area contributed by atoms with Crippen molar-refractivity contribution in [1.82, 2.24) is 15.1 Å². The molecular formula is C29H42N4O5. The molecule has 38 heavy (non-hydrogen) atoms. The second-order valence-corrected chi connectivity index (χ2v) is 10.0. The van der Waals surface area contributed by atoms with Crippen LogP contribution in [0.3, 0.4) is 0 Å². The maximum atomic E-state index is 13.2. The molecule has 0 aliphatic heterocycles. The maximum absolute atomic E-state index is 13.2. The minimum atomic E-state index is -0.638. The van der Waals surface area contributed by atoms with Crippen molar-refractivity contribution in [2.45, 2.75) is 91.6 Å². The zero-order valence-corrected chi connectivity index (χ0v) is 23.2. The van der Waals surface area contributed by atoms with Crippen molar-refractivity contribution in [2.75, 3.05) is 18.5 Å².